The van der Waals surface area contributed by atoms with Gasteiger partial charge in [0.25, 0.3) is 0 Å². The van der Waals surface area contributed by atoms with Crippen LogP contribution in [0.3, 0.4) is 0 Å². The number of hydrogen-bond donors (Lipinski definition) is 1. The summed E-state index contributed by atoms with van der Waals surface area (Å²) in [5.74, 6) is 0.480. The molecule has 100 valence electrons. The summed E-state index contributed by atoms with van der Waals surface area (Å²) in [6.07, 6.45) is 0. The lowest BCUT2D eigenvalue weighted by Crippen LogP contribution is -2.08. The van der Waals surface area contributed by atoms with E-state index >= 15 is 0 Å². The molecule has 1 atom stereocenters. The molecule has 0 aliphatic heterocycles. The van der Waals surface area contributed by atoms with Crippen LogP contribution in [0.4, 0.5) is 4.39 Å². The maximum atomic E-state index is 13.9. The van der Waals surface area contributed by atoms with Gasteiger partial charge in [0.2, 0.25) is 0 Å². The van der Waals surface area contributed by atoms with Gasteiger partial charge < -0.3 is 10.5 Å². The zero-order chi connectivity index (χ0) is 14.0. The normalized spacial score (nSPS) is 12.3. The van der Waals surface area contributed by atoms with Crippen LogP contribution in [0.2, 0.25) is 0 Å². The van der Waals surface area contributed by atoms with Crippen molar-refractivity contribution in [1.29, 1.82) is 0 Å². The number of para-hydroxylation sites is 1. The van der Waals surface area contributed by atoms with Crippen molar-refractivity contribution < 1.29 is 9.13 Å². The fourth-order valence-corrected chi connectivity index (χ4v) is 1.92. The molecule has 2 rings (SSSR count). The smallest absolute Gasteiger partial charge is 0.167 e. The summed E-state index contributed by atoms with van der Waals surface area (Å²) in [6.45, 7) is 5.71. The van der Waals surface area contributed by atoms with E-state index in [9.17, 15) is 4.39 Å². The van der Waals surface area contributed by atoms with Gasteiger partial charge in [0.1, 0.15) is 5.75 Å². The summed E-state index contributed by atoms with van der Waals surface area (Å²) < 4.78 is 19.7. The van der Waals surface area contributed by atoms with Crippen LogP contribution >= 0.6 is 0 Å². The highest BCUT2D eigenvalue weighted by Crippen LogP contribution is 2.33. The van der Waals surface area contributed by atoms with Crippen LogP contribution < -0.4 is 10.5 Å². The molecule has 3 heteroatoms. The van der Waals surface area contributed by atoms with Crippen molar-refractivity contribution in [1.82, 2.24) is 0 Å². The van der Waals surface area contributed by atoms with Crippen LogP contribution in [-0.4, -0.2) is 0 Å². The maximum Gasteiger partial charge on any atom is 0.167 e. The third-order valence-electron chi connectivity index (χ3n) is 3.04. The van der Waals surface area contributed by atoms with Gasteiger partial charge in [-0.05, 0) is 44.0 Å². The minimum atomic E-state index is -0.393. The highest BCUT2D eigenvalue weighted by atomic mass is 19.1. The minimum Gasteiger partial charge on any atom is -0.454 e. The molecule has 0 heterocycles. The summed E-state index contributed by atoms with van der Waals surface area (Å²) in [5, 5.41) is 0. The molecule has 2 aromatic carbocycles. The standard InChI is InChI=1S/C16H18FNO/c1-10-7-8-11(2)15(9-10)19-16-13(12(3)18)5-4-6-14(16)17/h4-9,12H,18H2,1-3H3. The summed E-state index contributed by atoms with van der Waals surface area (Å²) in [5.41, 5.74) is 8.56. The average Bonchev–Trinajstić information content (AvgIpc) is 2.35. The highest BCUT2D eigenvalue weighted by molar-refractivity contribution is 5.44. The first-order valence-corrected chi connectivity index (χ1v) is 6.28. The second kappa shape index (κ2) is 5.41. The Morgan fingerprint density at radius 3 is 2.58 bits per heavy atom. The van der Waals surface area contributed by atoms with E-state index < -0.39 is 5.82 Å². The Labute approximate surface area is 113 Å². The molecule has 2 aromatic rings. The molecule has 0 spiro atoms. The van der Waals surface area contributed by atoms with Crippen LogP contribution in [0.5, 0.6) is 11.5 Å². The Hall–Kier alpha value is -1.87. The maximum absolute atomic E-state index is 13.9. The molecule has 0 saturated carbocycles. The number of benzene rings is 2. The predicted molar refractivity (Wildman–Crippen MR) is 75.0 cm³/mol. The van der Waals surface area contributed by atoms with Crippen molar-refractivity contribution >= 4 is 0 Å². The van der Waals surface area contributed by atoms with Crippen LogP contribution in [0.15, 0.2) is 36.4 Å². The van der Waals surface area contributed by atoms with Crippen molar-refractivity contribution in [3.05, 3.63) is 58.9 Å². The Kier molecular flexibility index (Phi) is 3.86. The van der Waals surface area contributed by atoms with Gasteiger partial charge in [-0.3, -0.25) is 0 Å². The zero-order valence-corrected chi connectivity index (χ0v) is 11.4. The molecule has 0 aliphatic carbocycles. The molecule has 0 bridgehead atoms. The van der Waals surface area contributed by atoms with Crippen LogP contribution in [-0.2, 0) is 0 Å². The topological polar surface area (TPSA) is 35.2 Å². The van der Waals surface area contributed by atoms with E-state index in [2.05, 4.69) is 0 Å². The SMILES string of the molecule is Cc1ccc(C)c(Oc2c(F)cccc2C(C)N)c1. The molecule has 0 aliphatic rings. The Morgan fingerprint density at radius 2 is 1.89 bits per heavy atom. The molecular weight excluding hydrogens is 241 g/mol. The molecule has 0 radical (unpaired) electrons. The van der Waals surface area contributed by atoms with E-state index in [4.69, 9.17) is 10.5 Å². The van der Waals surface area contributed by atoms with Gasteiger partial charge in [-0.1, -0.05) is 24.3 Å². The predicted octanol–water partition coefficient (Wildman–Crippen LogP) is 4.25. The highest BCUT2D eigenvalue weighted by Gasteiger charge is 2.14. The molecule has 2 nitrogen and oxygen atoms in total. The number of nitrogens with two attached hydrogens (primary N) is 1. The van der Waals surface area contributed by atoms with E-state index in [0.29, 0.717) is 11.3 Å². The molecule has 1 unspecified atom stereocenters. The third-order valence-corrected chi connectivity index (χ3v) is 3.04. The van der Waals surface area contributed by atoms with Crippen molar-refractivity contribution in [2.24, 2.45) is 5.73 Å². The Bertz CT molecular complexity index is 593. The van der Waals surface area contributed by atoms with Gasteiger partial charge in [0, 0.05) is 11.6 Å². The van der Waals surface area contributed by atoms with E-state index in [1.54, 1.807) is 12.1 Å². The Morgan fingerprint density at radius 1 is 1.16 bits per heavy atom. The fourth-order valence-electron chi connectivity index (χ4n) is 1.92. The Balaban J connectivity index is 2.46. The van der Waals surface area contributed by atoms with Crippen molar-refractivity contribution in [2.75, 3.05) is 0 Å². The number of halogens is 1. The number of hydrogen-bond acceptors (Lipinski definition) is 2. The van der Waals surface area contributed by atoms with E-state index in [0.717, 1.165) is 11.1 Å². The lowest BCUT2D eigenvalue weighted by atomic mass is 10.1. The third kappa shape index (κ3) is 2.93. The zero-order valence-electron chi connectivity index (χ0n) is 11.4. The van der Waals surface area contributed by atoms with E-state index in [1.165, 1.54) is 6.07 Å². The van der Waals surface area contributed by atoms with Crippen molar-refractivity contribution in [2.45, 2.75) is 26.8 Å². The van der Waals surface area contributed by atoms with Gasteiger partial charge >= 0.3 is 0 Å². The summed E-state index contributed by atoms with van der Waals surface area (Å²) in [6, 6.07) is 10.4. The molecule has 0 saturated heterocycles. The van der Waals surface area contributed by atoms with Gasteiger partial charge in [-0.15, -0.1) is 0 Å². The van der Waals surface area contributed by atoms with Gasteiger partial charge in [0.15, 0.2) is 11.6 Å². The molecule has 0 aromatic heterocycles. The lowest BCUT2D eigenvalue weighted by Gasteiger charge is -2.16. The summed E-state index contributed by atoms with van der Waals surface area (Å²) in [7, 11) is 0. The largest absolute Gasteiger partial charge is 0.454 e. The van der Waals surface area contributed by atoms with E-state index in [-0.39, 0.29) is 11.8 Å². The second-order valence-corrected chi connectivity index (χ2v) is 4.82. The van der Waals surface area contributed by atoms with Gasteiger partial charge in [0.05, 0.1) is 0 Å². The van der Waals surface area contributed by atoms with Crippen molar-refractivity contribution in [3.8, 4) is 11.5 Å². The number of aryl methyl sites for hydroxylation is 2. The molecule has 19 heavy (non-hydrogen) atoms. The van der Waals surface area contributed by atoms with Gasteiger partial charge in [-0.2, -0.15) is 0 Å². The average molecular weight is 259 g/mol. The number of rotatable bonds is 3. The monoisotopic (exact) mass is 259 g/mol. The molecular formula is C16H18FNO. The van der Waals surface area contributed by atoms with Crippen LogP contribution in [0, 0.1) is 19.7 Å². The first-order valence-electron chi connectivity index (χ1n) is 6.28. The van der Waals surface area contributed by atoms with Gasteiger partial charge in [-0.25, -0.2) is 4.39 Å². The fraction of sp³-hybridized carbons (Fsp3) is 0.250. The lowest BCUT2D eigenvalue weighted by molar-refractivity contribution is 0.430. The van der Waals surface area contributed by atoms with Crippen molar-refractivity contribution in [3.63, 3.8) is 0 Å². The molecule has 2 N–H and O–H groups in total. The summed E-state index contributed by atoms with van der Waals surface area (Å²) in [4.78, 5) is 0. The number of ether oxygens (including phenoxy) is 1. The first-order chi connectivity index (χ1) is 8.99. The quantitative estimate of drug-likeness (QED) is 0.894. The van der Waals surface area contributed by atoms with E-state index in [1.807, 2.05) is 39.0 Å². The van der Waals surface area contributed by atoms with Crippen LogP contribution in [0.1, 0.15) is 29.7 Å². The molecule has 0 fully saturated rings. The molecule has 0 amide bonds. The minimum absolute atomic E-state index is 0.214. The second-order valence-electron chi connectivity index (χ2n) is 4.82. The first kappa shape index (κ1) is 13.6. The van der Waals surface area contributed by atoms with Crippen LogP contribution in [0.25, 0.3) is 0 Å². The summed E-state index contributed by atoms with van der Waals surface area (Å²) >= 11 is 0.